The third-order valence-corrected chi connectivity index (χ3v) is 4.64. The van der Waals surface area contributed by atoms with Gasteiger partial charge in [-0.3, -0.25) is 4.79 Å². The van der Waals surface area contributed by atoms with Crippen molar-refractivity contribution >= 4 is 17.4 Å². The maximum Gasteiger partial charge on any atom is 0.182 e. The number of carbonyl (C=O) groups excluding carboxylic acids is 1. The summed E-state index contributed by atoms with van der Waals surface area (Å²) in [4.78, 5) is 12.1. The fraction of sp³-hybridized carbons (Fsp3) is 0.688. The van der Waals surface area contributed by atoms with E-state index in [0.29, 0.717) is 0 Å². The van der Waals surface area contributed by atoms with Gasteiger partial charge in [0.1, 0.15) is 0 Å². The second kappa shape index (κ2) is 5.90. The van der Waals surface area contributed by atoms with Crippen LogP contribution in [0.25, 0.3) is 0 Å². The maximum atomic E-state index is 12.1. The number of ketones is 1. The standard InChI is InChI=1S/C16H24ClNO2/c1-11-9-14(15(19)12(2)17)13(3)18(11)10-16(4)5-7-20-8-6-16/h9,12H,5-8,10H2,1-4H3. The van der Waals surface area contributed by atoms with Crippen LogP contribution in [0.5, 0.6) is 0 Å². The maximum absolute atomic E-state index is 12.1. The highest BCUT2D eigenvalue weighted by Gasteiger charge is 2.29. The second-order valence-corrected chi connectivity index (χ2v) is 6.93. The summed E-state index contributed by atoms with van der Waals surface area (Å²) in [7, 11) is 0. The van der Waals surface area contributed by atoms with Crippen molar-refractivity contribution in [2.75, 3.05) is 13.2 Å². The predicted octanol–water partition coefficient (Wildman–Crippen LogP) is 3.73. The number of rotatable bonds is 4. The Labute approximate surface area is 126 Å². The Morgan fingerprint density at radius 2 is 2.05 bits per heavy atom. The van der Waals surface area contributed by atoms with Gasteiger partial charge in [-0.15, -0.1) is 11.6 Å². The summed E-state index contributed by atoms with van der Waals surface area (Å²) in [6.45, 7) is 10.7. The van der Waals surface area contributed by atoms with Crippen molar-refractivity contribution < 1.29 is 9.53 Å². The van der Waals surface area contributed by atoms with Crippen molar-refractivity contribution in [3.05, 3.63) is 23.0 Å². The molecular formula is C16H24ClNO2. The number of halogens is 1. The van der Waals surface area contributed by atoms with Crippen LogP contribution in [0.4, 0.5) is 0 Å². The van der Waals surface area contributed by atoms with Crippen LogP contribution in [0.1, 0.15) is 48.4 Å². The van der Waals surface area contributed by atoms with Gasteiger partial charge in [0.05, 0.1) is 5.38 Å². The van der Waals surface area contributed by atoms with Crippen LogP contribution < -0.4 is 0 Å². The Morgan fingerprint density at radius 3 is 2.60 bits per heavy atom. The topological polar surface area (TPSA) is 31.2 Å². The Hall–Kier alpha value is -0.800. The van der Waals surface area contributed by atoms with E-state index >= 15 is 0 Å². The second-order valence-electron chi connectivity index (χ2n) is 6.27. The van der Waals surface area contributed by atoms with Crippen LogP contribution in [-0.2, 0) is 11.3 Å². The molecule has 0 N–H and O–H groups in total. The summed E-state index contributed by atoms with van der Waals surface area (Å²) in [6, 6.07) is 1.97. The smallest absolute Gasteiger partial charge is 0.182 e. The van der Waals surface area contributed by atoms with E-state index in [9.17, 15) is 4.79 Å². The van der Waals surface area contributed by atoms with Gasteiger partial charge in [0, 0.05) is 36.7 Å². The first-order chi connectivity index (χ1) is 9.34. The van der Waals surface area contributed by atoms with Crippen molar-refractivity contribution in [1.82, 2.24) is 4.57 Å². The molecule has 1 aliphatic heterocycles. The molecule has 2 heterocycles. The van der Waals surface area contributed by atoms with Crippen LogP contribution >= 0.6 is 11.6 Å². The average molecular weight is 298 g/mol. The molecule has 1 aliphatic rings. The number of Topliss-reactive ketones (excluding diaryl/α,β-unsaturated/α-hetero) is 1. The molecule has 2 rings (SSSR count). The zero-order chi connectivity index (χ0) is 14.9. The lowest BCUT2D eigenvalue weighted by atomic mass is 9.82. The van der Waals surface area contributed by atoms with Gasteiger partial charge in [-0.25, -0.2) is 0 Å². The SMILES string of the molecule is Cc1cc(C(=O)C(C)Cl)c(C)n1CC1(C)CCOCC1. The van der Waals surface area contributed by atoms with Crippen molar-refractivity contribution in [3.8, 4) is 0 Å². The highest BCUT2D eigenvalue weighted by Crippen LogP contribution is 2.33. The van der Waals surface area contributed by atoms with Crippen LogP contribution in [-0.4, -0.2) is 28.9 Å². The first-order valence-electron chi connectivity index (χ1n) is 7.27. The Bertz CT molecular complexity index is 499. The predicted molar refractivity (Wildman–Crippen MR) is 81.7 cm³/mol. The lowest BCUT2D eigenvalue weighted by Gasteiger charge is -2.34. The summed E-state index contributed by atoms with van der Waals surface area (Å²) in [5.41, 5.74) is 3.18. The number of alkyl halides is 1. The van der Waals surface area contributed by atoms with E-state index in [2.05, 4.69) is 18.4 Å². The van der Waals surface area contributed by atoms with Crippen molar-refractivity contribution in [3.63, 3.8) is 0 Å². The van der Waals surface area contributed by atoms with E-state index in [1.165, 1.54) is 0 Å². The van der Waals surface area contributed by atoms with E-state index in [0.717, 1.165) is 49.6 Å². The lowest BCUT2D eigenvalue weighted by Crippen LogP contribution is -2.31. The zero-order valence-corrected chi connectivity index (χ0v) is 13.6. The lowest BCUT2D eigenvalue weighted by molar-refractivity contribution is 0.0150. The molecule has 3 nitrogen and oxygen atoms in total. The minimum Gasteiger partial charge on any atom is -0.381 e. The van der Waals surface area contributed by atoms with Gasteiger partial charge in [-0.05, 0) is 45.1 Å². The highest BCUT2D eigenvalue weighted by atomic mass is 35.5. The van der Waals surface area contributed by atoms with E-state index in [1.54, 1.807) is 6.92 Å². The molecule has 0 bridgehead atoms. The number of ether oxygens (including phenoxy) is 1. The summed E-state index contributed by atoms with van der Waals surface area (Å²) in [5.74, 6) is 0.0168. The molecule has 0 amide bonds. The van der Waals surface area contributed by atoms with Gasteiger partial charge in [0.2, 0.25) is 0 Å². The van der Waals surface area contributed by atoms with Crippen LogP contribution in [0.3, 0.4) is 0 Å². The average Bonchev–Trinajstić information content (AvgIpc) is 2.66. The molecule has 1 unspecified atom stereocenters. The molecular weight excluding hydrogens is 274 g/mol. The fourth-order valence-electron chi connectivity index (χ4n) is 2.91. The van der Waals surface area contributed by atoms with Crippen LogP contribution in [0, 0.1) is 19.3 Å². The first kappa shape index (κ1) is 15.6. The number of aromatic nitrogens is 1. The van der Waals surface area contributed by atoms with Gasteiger partial charge in [0.15, 0.2) is 5.78 Å². The number of hydrogen-bond acceptors (Lipinski definition) is 2. The van der Waals surface area contributed by atoms with E-state index in [4.69, 9.17) is 16.3 Å². The number of aryl methyl sites for hydroxylation is 1. The minimum atomic E-state index is -0.470. The third kappa shape index (κ3) is 3.09. The zero-order valence-electron chi connectivity index (χ0n) is 12.8. The normalized spacial score (nSPS) is 19.9. The van der Waals surface area contributed by atoms with E-state index < -0.39 is 5.38 Å². The monoisotopic (exact) mass is 297 g/mol. The van der Waals surface area contributed by atoms with E-state index in [-0.39, 0.29) is 11.2 Å². The largest absolute Gasteiger partial charge is 0.381 e. The Kier molecular flexibility index (Phi) is 4.60. The minimum absolute atomic E-state index is 0.0168. The Balaban J connectivity index is 2.26. The number of nitrogens with zero attached hydrogens (tertiary/aromatic N) is 1. The molecule has 4 heteroatoms. The van der Waals surface area contributed by atoms with Crippen molar-refractivity contribution in [2.24, 2.45) is 5.41 Å². The van der Waals surface area contributed by atoms with Gasteiger partial charge in [-0.1, -0.05) is 6.92 Å². The molecule has 1 aromatic rings. The van der Waals surface area contributed by atoms with E-state index in [1.807, 2.05) is 13.0 Å². The van der Waals surface area contributed by atoms with Gasteiger partial charge >= 0.3 is 0 Å². The number of carbonyl (C=O) groups is 1. The summed E-state index contributed by atoms with van der Waals surface area (Å²) < 4.78 is 7.72. The van der Waals surface area contributed by atoms with Gasteiger partial charge < -0.3 is 9.30 Å². The third-order valence-electron chi connectivity index (χ3n) is 4.44. The molecule has 1 aromatic heterocycles. The molecule has 0 aliphatic carbocycles. The molecule has 0 radical (unpaired) electrons. The first-order valence-corrected chi connectivity index (χ1v) is 7.70. The van der Waals surface area contributed by atoms with Crippen LogP contribution in [0.15, 0.2) is 6.07 Å². The molecule has 0 aromatic carbocycles. The molecule has 1 fully saturated rings. The summed E-state index contributed by atoms with van der Waals surface area (Å²) in [6.07, 6.45) is 2.14. The fourth-order valence-corrected chi connectivity index (χ4v) is 3.03. The number of hydrogen-bond donors (Lipinski definition) is 0. The summed E-state index contributed by atoms with van der Waals surface area (Å²) >= 11 is 5.94. The van der Waals surface area contributed by atoms with Crippen molar-refractivity contribution in [1.29, 1.82) is 0 Å². The molecule has 112 valence electrons. The molecule has 20 heavy (non-hydrogen) atoms. The molecule has 1 saturated heterocycles. The van der Waals surface area contributed by atoms with Crippen LogP contribution in [0.2, 0.25) is 0 Å². The Morgan fingerprint density at radius 1 is 1.45 bits per heavy atom. The quantitative estimate of drug-likeness (QED) is 0.626. The molecule has 1 atom stereocenters. The van der Waals surface area contributed by atoms with Crippen molar-refractivity contribution in [2.45, 2.75) is 52.5 Å². The highest BCUT2D eigenvalue weighted by molar-refractivity contribution is 6.33. The van der Waals surface area contributed by atoms with Gasteiger partial charge in [-0.2, -0.15) is 0 Å². The molecule has 0 spiro atoms. The van der Waals surface area contributed by atoms with Gasteiger partial charge in [0.25, 0.3) is 0 Å². The summed E-state index contributed by atoms with van der Waals surface area (Å²) in [5, 5.41) is -0.470. The molecule has 0 saturated carbocycles.